The van der Waals surface area contributed by atoms with E-state index in [9.17, 15) is 5.11 Å². The van der Waals surface area contributed by atoms with E-state index in [1.165, 1.54) is 11.8 Å². The molecule has 2 rings (SSSR count). The molecule has 1 atom stereocenters. The first-order valence-corrected chi connectivity index (χ1v) is 12.0. The van der Waals surface area contributed by atoms with Crippen molar-refractivity contribution in [1.29, 1.82) is 0 Å². The number of hydrogen-bond acceptors (Lipinski definition) is 4. The van der Waals surface area contributed by atoms with Gasteiger partial charge in [0.2, 0.25) is 0 Å². The third-order valence-electron chi connectivity index (χ3n) is 3.33. The van der Waals surface area contributed by atoms with Crippen LogP contribution in [0.5, 0.6) is 0 Å². The Hall–Kier alpha value is -0.793. The average molecular weight is 385 g/mol. The first-order chi connectivity index (χ1) is 11.2. The van der Waals surface area contributed by atoms with E-state index in [-0.39, 0.29) is 12.0 Å². The van der Waals surface area contributed by atoms with Gasteiger partial charge in [0.25, 0.3) is 0 Å². The van der Waals surface area contributed by atoms with Gasteiger partial charge in [-0.2, -0.15) is 0 Å². The van der Waals surface area contributed by atoms with E-state index in [4.69, 9.17) is 16.0 Å². The summed E-state index contributed by atoms with van der Waals surface area (Å²) in [6, 6.07) is 7.64. The number of aliphatic hydroxyl groups is 1. The van der Waals surface area contributed by atoms with Crippen LogP contribution >= 0.6 is 23.4 Å². The summed E-state index contributed by atoms with van der Waals surface area (Å²) in [5.41, 5.74) is 0.509. The standard InChI is InChI=1S/C17H25ClN2O2SSi/c1-17(2,3)16-19-14(13(21)10-22-24(4)5)15(20-16)23-12-8-6-7-11(18)9-12/h6-9,13,21,24H,10H2,1-5H3,(H,19,20). The predicted octanol–water partition coefficient (Wildman–Crippen LogP) is 4.55. The second-order valence-corrected chi connectivity index (χ2v) is 11.0. The lowest BCUT2D eigenvalue weighted by atomic mass is 9.96. The molecule has 24 heavy (non-hydrogen) atoms. The summed E-state index contributed by atoms with van der Waals surface area (Å²) in [7, 11) is -1.19. The topological polar surface area (TPSA) is 58.1 Å². The third-order valence-corrected chi connectivity index (χ3v) is 5.43. The van der Waals surface area contributed by atoms with Gasteiger partial charge in [0.05, 0.1) is 6.61 Å². The number of aliphatic hydroxyl groups excluding tert-OH is 1. The zero-order valence-electron chi connectivity index (χ0n) is 14.8. The number of hydrogen-bond donors (Lipinski definition) is 2. The molecule has 1 heterocycles. The Balaban J connectivity index is 2.31. The van der Waals surface area contributed by atoms with Gasteiger partial charge in [-0.3, -0.25) is 0 Å². The number of aromatic nitrogens is 2. The van der Waals surface area contributed by atoms with Gasteiger partial charge in [-0.05, 0) is 31.3 Å². The van der Waals surface area contributed by atoms with Gasteiger partial charge < -0.3 is 14.5 Å². The van der Waals surface area contributed by atoms with Crippen molar-refractivity contribution < 1.29 is 9.53 Å². The Kier molecular flexibility index (Phi) is 6.56. The molecule has 1 aromatic heterocycles. The molecular weight excluding hydrogens is 360 g/mol. The predicted molar refractivity (Wildman–Crippen MR) is 103 cm³/mol. The summed E-state index contributed by atoms with van der Waals surface area (Å²) in [5, 5.41) is 12.1. The number of aromatic amines is 1. The normalized spacial score (nSPS) is 13.5. The van der Waals surface area contributed by atoms with Gasteiger partial charge in [-0.25, -0.2) is 4.98 Å². The summed E-state index contributed by atoms with van der Waals surface area (Å²) >= 11 is 7.59. The average Bonchev–Trinajstić information content (AvgIpc) is 2.89. The molecule has 0 aliphatic carbocycles. The number of halogens is 1. The Labute approximate surface area is 154 Å². The number of nitrogens with zero attached hydrogens (tertiary/aromatic N) is 1. The largest absolute Gasteiger partial charge is 0.418 e. The van der Waals surface area contributed by atoms with Crippen molar-refractivity contribution in [3.05, 3.63) is 40.8 Å². The molecule has 0 aliphatic rings. The number of nitrogens with one attached hydrogen (secondary N) is 1. The van der Waals surface area contributed by atoms with E-state index in [1.807, 2.05) is 24.3 Å². The number of rotatable bonds is 6. The molecule has 0 saturated heterocycles. The molecule has 0 bridgehead atoms. The maximum Gasteiger partial charge on any atom is 0.171 e. The van der Waals surface area contributed by atoms with Crippen molar-refractivity contribution in [2.24, 2.45) is 0 Å². The van der Waals surface area contributed by atoms with Crippen LogP contribution in [0, 0.1) is 0 Å². The molecule has 4 nitrogen and oxygen atoms in total. The van der Waals surface area contributed by atoms with E-state index >= 15 is 0 Å². The van der Waals surface area contributed by atoms with Crippen LogP contribution in [0.15, 0.2) is 34.2 Å². The van der Waals surface area contributed by atoms with Gasteiger partial charge in [0.15, 0.2) is 9.04 Å². The highest BCUT2D eigenvalue weighted by Gasteiger charge is 2.25. The van der Waals surface area contributed by atoms with E-state index in [0.717, 1.165) is 15.7 Å². The molecule has 0 radical (unpaired) electrons. The highest BCUT2D eigenvalue weighted by atomic mass is 35.5. The highest BCUT2D eigenvalue weighted by Crippen LogP contribution is 2.35. The molecule has 0 saturated carbocycles. The molecule has 2 N–H and O–H groups in total. The fraction of sp³-hybridized carbons (Fsp3) is 0.471. The van der Waals surface area contributed by atoms with Crippen LogP contribution in [0.2, 0.25) is 18.1 Å². The third kappa shape index (κ3) is 5.36. The lowest BCUT2D eigenvalue weighted by Gasteiger charge is -2.14. The molecule has 0 fully saturated rings. The van der Waals surface area contributed by atoms with Crippen molar-refractivity contribution in [2.75, 3.05) is 6.61 Å². The number of H-pyrrole nitrogens is 1. The lowest BCUT2D eigenvalue weighted by Crippen LogP contribution is -2.16. The molecular formula is C17H25ClN2O2SSi. The zero-order valence-corrected chi connectivity index (χ0v) is 17.5. The van der Waals surface area contributed by atoms with Crippen molar-refractivity contribution in [2.45, 2.75) is 55.3 Å². The Bertz CT molecular complexity index is 685. The zero-order chi connectivity index (χ0) is 17.9. The van der Waals surface area contributed by atoms with E-state index in [0.29, 0.717) is 10.7 Å². The van der Waals surface area contributed by atoms with Crippen LogP contribution in [0.25, 0.3) is 0 Å². The Morgan fingerprint density at radius 1 is 1.38 bits per heavy atom. The van der Waals surface area contributed by atoms with E-state index < -0.39 is 15.1 Å². The van der Waals surface area contributed by atoms with E-state index in [1.54, 1.807) is 0 Å². The summed E-state index contributed by atoms with van der Waals surface area (Å²) < 4.78 is 5.68. The smallest absolute Gasteiger partial charge is 0.171 e. The van der Waals surface area contributed by atoms with Gasteiger partial charge in [-0.1, -0.05) is 50.2 Å². The molecule has 0 spiro atoms. The molecule has 0 aliphatic heterocycles. The van der Waals surface area contributed by atoms with Crippen LogP contribution in [0.3, 0.4) is 0 Å². The first kappa shape index (κ1) is 19.5. The summed E-state index contributed by atoms with van der Waals surface area (Å²) in [5.74, 6) is 0.850. The number of imidazole rings is 1. The lowest BCUT2D eigenvalue weighted by molar-refractivity contribution is 0.102. The minimum Gasteiger partial charge on any atom is -0.418 e. The van der Waals surface area contributed by atoms with Crippen LogP contribution < -0.4 is 0 Å². The monoisotopic (exact) mass is 384 g/mol. The van der Waals surface area contributed by atoms with Crippen LogP contribution in [0.1, 0.15) is 38.4 Å². The first-order valence-electron chi connectivity index (χ1n) is 8.00. The van der Waals surface area contributed by atoms with Crippen LogP contribution in [0.4, 0.5) is 0 Å². The maximum absolute atomic E-state index is 10.5. The SMILES string of the molecule is C[SiH](C)OCC(O)c1nc(C(C)(C)C)[nH]c1Sc1cccc(Cl)c1. The van der Waals surface area contributed by atoms with Crippen molar-refractivity contribution >= 4 is 32.4 Å². The summed E-state index contributed by atoms with van der Waals surface area (Å²) in [6.45, 7) is 10.7. The van der Waals surface area contributed by atoms with Gasteiger partial charge in [-0.15, -0.1) is 0 Å². The van der Waals surface area contributed by atoms with Crippen LogP contribution in [-0.4, -0.2) is 30.7 Å². The number of benzene rings is 1. The van der Waals surface area contributed by atoms with Crippen molar-refractivity contribution in [1.82, 2.24) is 9.97 Å². The Morgan fingerprint density at radius 2 is 2.08 bits per heavy atom. The molecule has 1 unspecified atom stereocenters. The maximum atomic E-state index is 10.5. The van der Waals surface area contributed by atoms with Crippen molar-refractivity contribution in [3.8, 4) is 0 Å². The van der Waals surface area contributed by atoms with Crippen molar-refractivity contribution in [3.63, 3.8) is 0 Å². The van der Waals surface area contributed by atoms with Crippen LogP contribution in [-0.2, 0) is 9.84 Å². The summed E-state index contributed by atoms with van der Waals surface area (Å²) in [6.07, 6.45) is -0.742. The Morgan fingerprint density at radius 3 is 2.67 bits per heavy atom. The highest BCUT2D eigenvalue weighted by molar-refractivity contribution is 7.99. The molecule has 7 heteroatoms. The summed E-state index contributed by atoms with van der Waals surface area (Å²) in [4.78, 5) is 9.02. The second kappa shape index (κ2) is 8.06. The van der Waals surface area contributed by atoms with E-state index in [2.05, 4.69) is 43.8 Å². The molecule has 132 valence electrons. The van der Waals surface area contributed by atoms with Gasteiger partial charge >= 0.3 is 0 Å². The van der Waals surface area contributed by atoms with Gasteiger partial charge in [0, 0.05) is 15.3 Å². The minimum absolute atomic E-state index is 0.130. The second-order valence-electron chi connectivity index (χ2n) is 7.01. The molecule has 0 amide bonds. The fourth-order valence-corrected chi connectivity index (χ4v) is 3.86. The van der Waals surface area contributed by atoms with Gasteiger partial charge in [0.1, 0.15) is 22.6 Å². The fourth-order valence-electron chi connectivity index (χ4n) is 2.04. The molecule has 2 aromatic rings. The quantitative estimate of drug-likeness (QED) is 0.717. The minimum atomic E-state index is -1.19. The molecule has 1 aromatic carbocycles.